The molecule has 1 fully saturated rings. The van der Waals surface area contributed by atoms with E-state index in [2.05, 4.69) is 16.5 Å². The predicted molar refractivity (Wildman–Crippen MR) is 103 cm³/mol. The van der Waals surface area contributed by atoms with Crippen LogP contribution in [0.1, 0.15) is 43.5 Å². The molecule has 2 amide bonds. The second kappa shape index (κ2) is 9.33. The standard InChI is InChI=1S/C19H28N6O2/c1-5-14(2)25(13-18(26)24-10-6-7-16(24)11-20)22-17-9-8-15(12-21-17)19(27)23(3)4/h8-9,12,14,16H,5-7,10,13H2,1-4H3,(H,21,22)/t14-,16?/m0/s1. The molecule has 27 heavy (non-hydrogen) atoms. The smallest absolute Gasteiger partial charge is 0.254 e. The Morgan fingerprint density at radius 2 is 2.19 bits per heavy atom. The first-order valence-corrected chi connectivity index (χ1v) is 9.27. The Bertz CT molecular complexity index is 697. The molecular formula is C19H28N6O2. The molecule has 1 aromatic heterocycles. The minimum atomic E-state index is -0.328. The fraction of sp³-hybridized carbons (Fsp3) is 0.579. The number of carbonyl (C=O) groups is 2. The van der Waals surface area contributed by atoms with Gasteiger partial charge in [0.25, 0.3) is 5.91 Å². The molecule has 0 radical (unpaired) electrons. The molecule has 0 spiro atoms. The van der Waals surface area contributed by atoms with Crippen molar-refractivity contribution < 1.29 is 9.59 Å². The Hall–Kier alpha value is -2.66. The maximum absolute atomic E-state index is 12.7. The van der Waals surface area contributed by atoms with Gasteiger partial charge in [-0.2, -0.15) is 5.26 Å². The number of hydrogen-bond donors (Lipinski definition) is 1. The van der Waals surface area contributed by atoms with E-state index in [4.69, 9.17) is 0 Å². The highest BCUT2D eigenvalue weighted by Crippen LogP contribution is 2.18. The van der Waals surface area contributed by atoms with Gasteiger partial charge in [0.2, 0.25) is 5.91 Å². The van der Waals surface area contributed by atoms with Gasteiger partial charge in [0.05, 0.1) is 18.2 Å². The lowest BCUT2D eigenvalue weighted by Gasteiger charge is -2.31. The second-order valence-electron chi connectivity index (χ2n) is 7.00. The first-order valence-electron chi connectivity index (χ1n) is 9.27. The molecule has 2 heterocycles. The highest BCUT2D eigenvalue weighted by atomic mass is 16.2. The third kappa shape index (κ3) is 5.17. The average molecular weight is 372 g/mol. The van der Waals surface area contributed by atoms with E-state index in [0.717, 1.165) is 19.3 Å². The minimum Gasteiger partial charge on any atom is -0.345 e. The predicted octanol–water partition coefficient (Wildman–Crippen LogP) is 1.73. The van der Waals surface area contributed by atoms with Crippen LogP contribution in [0.25, 0.3) is 0 Å². The summed E-state index contributed by atoms with van der Waals surface area (Å²) in [6.07, 6.45) is 3.97. The van der Waals surface area contributed by atoms with E-state index < -0.39 is 0 Å². The van der Waals surface area contributed by atoms with E-state index in [-0.39, 0.29) is 30.4 Å². The quantitative estimate of drug-likeness (QED) is 0.733. The van der Waals surface area contributed by atoms with Gasteiger partial charge in [-0.15, -0.1) is 0 Å². The molecule has 0 aromatic carbocycles. The van der Waals surface area contributed by atoms with Crippen LogP contribution in [0.2, 0.25) is 0 Å². The molecule has 1 saturated heterocycles. The van der Waals surface area contributed by atoms with Gasteiger partial charge in [0.15, 0.2) is 0 Å². The summed E-state index contributed by atoms with van der Waals surface area (Å²) in [7, 11) is 3.38. The molecule has 2 atom stereocenters. The number of pyridine rings is 1. The topological polar surface area (TPSA) is 92.6 Å². The minimum absolute atomic E-state index is 0.0637. The Balaban J connectivity index is 2.07. The number of hydrazine groups is 1. The summed E-state index contributed by atoms with van der Waals surface area (Å²) < 4.78 is 0. The molecule has 8 heteroatoms. The van der Waals surface area contributed by atoms with Gasteiger partial charge >= 0.3 is 0 Å². The molecule has 1 aromatic rings. The van der Waals surface area contributed by atoms with Gasteiger partial charge < -0.3 is 15.2 Å². The monoisotopic (exact) mass is 372 g/mol. The highest BCUT2D eigenvalue weighted by Gasteiger charge is 2.30. The van der Waals surface area contributed by atoms with Crippen LogP contribution in [-0.2, 0) is 4.79 Å². The number of hydrogen-bond acceptors (Lipinski definition) is 6. The molecule has 0 aliphatic carbocycles. The van der Waals surface area contributed by atoms with E-state index in [1.165, 1.54) is 11.1 Å². The van der Waals surface area contributed by atoms with Crippen molar-refractivity contribution in [3.8, 4) is 6.07 Å². The van der Waals surface area contributed by atoms with E-state index in [1.807, 2.05) is 18.9 Å². The van der Waals surface area contributed by atoms with Gasteiger partial charge in [0.1, 0.15) is 11.9 Å². The molecule has 1 N–H and O–H groups in total. The molecule has 1 unspecified atom stereocenters. The van der Waals surface area contributed by atoms with Crippen LogP contribution in [0, 0.1) is 11.3 Å². The van der Waals surface area contributed by atoms with E-state index in [0.29, 0.717) is 17.9 Å². The molecule has 8 nitrogen and oxygen atoms in total. The Morgan fingerprint density at radius 1 is 1.44 bits per heavy atom. The lowest BCUT2D eigenvalue weighted by atomic mass is 10.2. The number of anilines is 1. The lowest BCUT2D eigenvalue weighted by Crippen LogP contribution is -2.47. The fourth-order valence-electron chi connectivity index (χ4n) is 2.95. The van der Waals surface area contributed by atoms with Crippen LogP contribution in [0.5, 0.6) is 0 Å². The third-order valence-corrected chi connectivity index (χ3v) is 4.83. The van der Waals surface area contributed by atoms with Crippen molar-refractivity contribution in [2.75, 3.05) is 32.6 Å². The van der Waals surface area contributed by atoms with Crippen LogP contribution < -0.4 is 5.43 Å². The molecular weight excluding hydrogens is 344 g/mol. The number of aromatic nitrogens is 1. The van der Waals surface area contributed by atoms with Gasteiger partial charge in [-0.1, -0.05) is 6.92 Å². The van der Waals surface area contributed by atoms with Crippen molar-refractivity contribution in [3.05, 3.63) is 23.9 Å². The molecule has 146 valence electrons. The second-order valence-corrected chi connectivity index (χ2v) is 7.00. The van der Waals surface area contributed by atoms with Crippen molar-refractivity contribution in [2.24, 2.45) is 0 Å². The summed E-state index contributed by atoms with van der Waals surface area (Å²) in [5, 5.41) is 11.0. The zero-order chi connectivity index (χ0) is 20.0. The zero-order valence-electron chi connectivity index (χ0n) is 16.5. The van der Waals surface area contributed by atoms with Crippen LogP contribution in [0.3, 0.4) is 0 Å². The Labute approximate surface area is 160 Å². The van der Waals surface area contributed by atoms with Gasteiger partial charge in [-0.25, -0.2) is 9.99 Å². The van der Waals surface area contributed by atoms with Crippen molar-refractivity contribution in [1.82, 2.24) is 19.8 Å². The summed E-state index contributed by atoms with van der Waals surface area (Å²) in [5.74, 6) is 0.391. The molecule has 1 aliphatic rings. The normalized spacial score (nSPS) is 17.5. The third-order valence-electron chi connectivity index (χ3n) is 4.83. The molecule has 0 saturated carbocycles. The van der Waals surface area contributed by atoms with Crippen LogP contribution in [-0.4, -0.2) is 70.9 Å². The maximum Gasteiger partial charge on any atom is 0.254 e. The van der Waals surface area contributed by atoms with Crippen molar-refractivity contribution in [3.63, 3.8) is 0 Å². The van der Waals surface area contributed by atoms with Crippen molar-refractivity contribution in [1.29, 1.82) is 5.26 Å². The summed E-state index contributed by atoms with van der Waals surface area (Å²) in [6.45, 7) is 4.86. The van der Waals surface area contributed by atoms with E-state index in [9.17, 15) is 14.9 Å². The SMILES string of the molecule is CC[C@H](C)N(CC(=O)N1CCCC1C#N)Nc1ccc(C(=O)N(C)C)cn1. The number of nitrogens with one attached hydrogen (secondary N) is 1. The first kappa shape index (κ1) is 20.6. The van der Waals surface area contributed by atoms with Gasteiger partial charge in [-0.05, 0) is 38.3 Å². The number of amides is 2. The number of likely N-dealkylation sites (tertiary alicyclic amines) is 1. The summed E-state index contributed by atoms with van der Waals surface area (Å²) in [5.41, 5.74) is 3.68. The van der Waals surface area contributed by atoms with Crippen molar-refractivity contribution in [2.45, 2.75) is 45.2 Å². The number of nitriles is 1. The van der Waals surface area contributed by atoms with Gasteiger partial charge in [-0.3, -0.25) is 9.59 Å². The van der Waals surface area contributed by atoms with Crippen LogP contribution >= 0.6 is 0 Å². The summed E-state index contributed by atoms with van der Waals surface area (Å²) >= 11 is 0. The zero-order valence-corrected chi connectivity index (χ0v) is 16.5. The molecule has 0 bridgehead atoms. The maximum atomic E-state index is 12.7. The summed E-state index contributed by atoms with van der Waals surface area (Å²) in [6, 6.07) is 5.41. The number of carbonyl (C=O) groups excluding carboxylic acids is 2. The first-order chi connectivity index (χ1) is 12.9. The van der Waals surface area contributed by atoms with Gasteiger partial charge in [0, 0.05) is 32.9 Å². The number of rotatable bonds is 7. The fourth-order valence-corrected chi connectivity index (χ4v) is 2.95. The largest absolute Gasteiger partial charge is 0.345 e. The highest BCUT2D eigenvalue weighted by molar-refractivity contribution is 5.93. The van der Waals surface area contributed by atoms with E-state index in [1.54, 1.807) is 31.1 Å². The lowest BCUT2D eigenvalue weighted by molar-refractivity contribution is -0.132. The van der Waals surface area contributed by atoms with E-state index >= 15 is 0 Å². The molecule has 1 aliphatic heterocycles. The van der Waals surface area contributed by atoms with Crippen LogP contribution in [0.15, 0.2) is 18.3 Å². The Morgan fingerprint density at radius 3 is 2.74 bits per heavy atom. The molecule has 2 rings (SSSR count). The van der Waals surface area contributed by atoms with Crippen molar-refractivity contribution >= 4 is 17.6 Å². The Kier molecular flexibility index (Phi) is 7.13. The average Bonchev–Trinajstić information content (AvgIpc) is 3.15. The summed E-state index contributed by atoms with van der Waals surface area (Å²) in [4.78, 5) is 32.1. The van der Waals surface area contributed by atoms with Crippen LogP contribution in [0.4, 0.5) is 5.82 Å². The number of nitrogens with zero attached hydrogens (tertiary/aromatic N) is 5.